The molecule has 2 N–H and O–H groups in total. The zero-order valence-electron chi connectivity index (χ0n) is 26.3. The lowest BCUT2D eigenvalue weighted by Crippen LogP contribution is -2.25. The molecule has 10 rings (SSSR count). The highest BCUT2D eigenvalue weighted by Crippen LogP contribution is 2.63. The molecule has 4 heteroatoms. The second kappa shape index (κ2) is 10.2. The van der Waals surface area contributed by atoms with E-state index in [0.717, 1.165) is 32.8 Å². The van der Waals surface area contributed by atoms with Crippen molar-refractivity contribution in [1.82, 2.24) is 4.98 Å². The van der Waals surface area contributed by atoms with E-state index in [-0.39, 0.29) is 11.5 Å². The minimum absolute atomic E-state index is 0.179. The van der Waals surface area contributed by atoms with Gasteiger partial charge in [0.2, 0.25) is 0 Å². The van der Waals surface area contributed by atoms with Gasteiger partial charge in [-0.15, -0.1) is 0 Å². The largest absolute Gasteiger partial charge is 0.507 e. The summed E-state index contributed by atoms with van der Waals surface area (Å²) >= 11 is 0. The average molecular weight is 629 g/mol. The molecular weight excluding hydrogens is 601 g/mol. The summed E-state index contributed by atoms with van der Waals surface area (Å²) in [7, 11) is 0. The van der Waals surface area contributed by atoms with Crippen LogP contribution in [0.2, 0.25) is 0 Å². The number of nitrogens with zero attached hydrogens (tertiary/aromatic N) is 2. The number of fused-ring (bicyclic) bond motifs is 12. The molecule has 2 aliphatic carbocycles. The molecule has 0 saturated heterocycles. The van der Waals surface area contributed by atoms with Gasteiger partial charge >= 0.3 is 0 Å². The van der Waals surface area contributed by atoms with Crippen LogP contribution < -0.4 is 0 Å². The molecule has 49 heavy (non-hydrogen) atoms. The van der Waals surface area contributed by atoms with E-state index in [1.54, 1.807) is 12.3 Å². The number of aliphatic imine (C=N–C) groups is 1. The summed E-state index contributed by atoms with van der Waals surface area (Å²) in [6.07, 6.45) is 1.73. The van der Waals surface area contributed by atoms with Crippen LogP contribution in [0, 0.1) is 0 Å². The predicted octanol–water partition coefficient (Wildman–Crippen LogP) is 10.6. The Morgan fingerprint density at radius 1 is 0.490 bits per heavy atom. The van der Waals surface area contributed by atoms with Crippen molar-refractivity contribution in [3.05, 3.63) is 180 Å². The number of pyridine rings is 1. The standard InChI is InChI=1S/C45H28N2O2/c48-41-22-10-13-27-12-9-21-40(43(27)41)46-26-29-23-28-11-1-2-14-30(28)44(47-29)35-24-34-33-17-5-8-20-38(33)45(39(34)25-42(35)49)36-18-6-3-15-31(36)32-16-4-7-19-37(32)45/h1-26,48-49H. The number of aromatic nitrogens is 1. The maximum absolute atomic E-state index is 12.1. The average Bonchev–Trinajstić information content (AvgIpc) is 3.60. The molecule has 1 heterocycles. The van der Waals surface area contributed by atoms with Crippen molar-refractivity contribution in [2.75, 3.05) is 0 Å². The lowest BCUT2D eigenvalue weighted by atomic mass is 9.70. The lowest BCUT2D eigenvalue weighted by Gasteiger charge is -2.30. The van der Waals surface area contributed by atoms with E-state index in [4.69, 9.17) is 9.98 Å². The molecule has 4 nitrogen and oxygen atoms in total. The smallest absolute Gasteiger partial charge is 0.125 e. The minimum Gasteiger partial charge on any atom is -0.507 e. The van der Waals surface area contributed by atoms with E-state index in [2.05, 4.69) is 84.9 Å². The zero-order chi connectivity index (χ0) is 32.7. The quantitative estimate of drug-likeness (QED) is 0.191. The number of hydrogen-bond acceptors (Lipinski definition) is 4. The molecule has 0 fully saturated rings. The summed E-state index contributed by atoms with van der Waals surface area (Å²) in [5.41, 5.74) is 11.6. The van der Waals surface area contributed by atoms with Crippen molar-refractivity contribution in [2.45, 2.75) is 5.41 Å². The number of phenols is 2. The van der Waals surface area contributed by atoms with Gasteiger partial charge < -0.3 is 10.2 Å². The van der Waals surface area contributed by atoms with E-state index in [1.165, 1.54) is 27.8 Å². The third-order valence-electron chi connectivity index (χ3n) is 10.3. The molecule has 0 aliphatic heterocycles. The Kier molecular flexibility index (Phi) is 5.76. The second-order valence-electron chi connectivity index (χ2n) is 12.8. The fraction of sp³-hybridized carbons (Fsp3) is 0.0222. The van der Waals surface area contributed by atoms with Gasteiger partial charge in [0.05, 0.1) is 28.7 Å². The summed E-state index contributed by atoms with van der Waals surface area (Å²) in [6.45, 7) is 0. The third-order valence-corrected chi connectivity index (χ3v) is 10.3. The number of hydrogen-bond donors (Lipinski definition) is 2. The number of phenolic OH excluding ortho intramolecular Hbond substituents is 2. The summed E-state index contributed by atoms with van der Waals surface area (Å²) in [6, 6.07) is 51.4. The molecule has 230 valence electrons. The van der Waals surface area contributed by atoms with Crippen molar-refractivity contribution in [3.8, 4) is 45.0 Å². The molecule has 1 spiro atoms. The van der Waals surface area contributed by atoms with Crippen molar-refractivity contribution in [2.24, 2.45) is 4.99 Å². The van der Waals surface area contributed by atoms with Gasteiger partial charge in [0.1, 0.15) is 11.5 Å². The topological polar surface area (TPSA) is 65.7 Å². The highest BCUT2D eigenvalue weighted by atomic mass is 16.3. The molecule has 0 saturated carbocycles. The van der Waals surface area contributed by atoms with E-state index >= 15 is 0 Å². The highest BCUT2D eigenvalue weighted by molar-refractivity contribution is 6.03. The van der Waals surface area contributed by atoms with Crippen LogP contribution in [0.5, 0.6) is 11.5 Å². The monoisotopic (exact) mass is 628 g/mol. The summed E-state index contributed by atoms with van der Waals surface area (Å²) in [5.74, 6) is 0.365. The van der Waals surface area contributed by atoms with Gasteiger partial charge in [-0.2, -0.15) is 0 Å². The normalized spacial score (nSPS) is 13.6. The lowest BCUT2D eigenvalue weighted by molar-refractivity contribution is 0.476. The van der Waals surface area contributed by atoms with Crippen molar-refractivity contribution < 1.29 is 10.2 Å². The third kappa shape index (κ3) is 3.80. The zero-order valence-corrected chi connectivity index (χ0v) is 26.3. The van der Waals surface area contributed by atoms with Crippen molar-refractivity contribution in [3.63, 3.8) is 0 Å². The van der Waals surface area contributed by atoms with Gasteiger partial charge in [-0.3, -0.25) is 4.99 Å². The molecule has 8 aromatic rings. The molecule has 0 amide bonds. The first-order valence-corrected chi connectivity index (χ1v) is 16.4. The maximum Gasteiger partial charge on any atom is 0.125 e. The van der Waals surface area contributed by atoms with Gasteiger partial charge in [0, 0.05) is 16.3 Å². The highest BCUT2D eigenvalue weighted by Gasteiger charge is 2.51. The molecule has 0 bridgehead atoms. The summed E-state index contributed by atoms with van der Waals surface area (Å²) in [4.78, 5) is 9.92. The Morgan fingerprint density at radius 2 is 1.08 bits per heavy atom. The van der Waals surface area contributed by atoms with E-state index < -0.39 is 5.41 Å². The van der Waals surface area contributed by atoms with Crippen LogP contribution in [0.15, 0.2) is 157 Å². The van der Waals surface area contributed by atoms with Crippen LogP contribution in [0.3, 0.4) is 0 Å². The Morgan fingerprint density at radius 3 is 1.80 bits per heavy atom. The fourth-order valence-electron chi connectivity index (χ4n) is 8.35. The number of aromatic hydroxyl groups is 2. The van der Waals surface area contributed by atoms with Crippen LogP contribution in [-0.4, -0.2) is 21.4 Å². The summed E-state index contributed by atoms with van der Waals surface area (Å²) in [5, 5.41) is 26.2. The summed E-state index contributed by atoms with van der Waals surface area (Å²) < 4.78 is 0. The van der Waals surface area contributed by atoms with Gasteiger partial charge in [-0.05, 0) is 85.6 Å². The van der Waals surface area contributed by atoms with Crippen LogP contribution in [0.4, 0.5) is 5.69 Å². The SMILES string of the molecule is Oc1cc2c(cc1-c1nc(C=Nc3cccc4cccc(O)c34)cc3ccccc13)-c1ccccc1C21c2ccccc2-c2ccccc21. The molecule has 0 radical (unpaired) electrons. The van der Waals surface area contributed by atoms with Gasteiger partial charge in [-0.25, -0.2) is 4.98 Å². The first-order valence-electron chi connectivity index (χ1n) is 16.4. The van der Waals surface area contributed by atoms with E-state index in [9.17, 15) is 10.2 Å². The van der Waals surface area contributed by atoms with Gasteiger partial charge in [-0.1, -0.05) is 121 Å². The fourth-order valence-corrected chi connectivity index (χ4v) is 8.35. The molecule has 7 aromatic carbocycles. The second-order valence-corrected chi connectivity index (χ2v) is 12.8. The van der Waals surface area contributed by atoms with Gasteiger partial charge in [0.15, 0.2) is 0 Å². The first kappa shape index (κ1) is 27.6. The van der Waals surface area contributed by atoms with Crippen LogP contribution in [-0.2, 0) is 5.41 Å². The molecule has 0 unspecified atom stereocenters. The minimum atomic E-state index is -0.539. The Balaban J connectivity index is 1.20. The van der Waals surface area contributed by atoms with Crippen LogP contribution in [0.1, 0.15) is 27.9 Å². The molecular formula is C45H28N2O2. The Labute approximate surface area is 283 Å². The molecule has 2 aliphatic rings. The van der Waals surface area contributed by atoms with E-state index in [1.807, 2.05) is 60.7 Å². The number of benzene rings is 7. The first-order chi connectivity index (χ1) is 24.1. The van der Waals surface area contributed by atoms with Gasteiger partial charge in [0.25, 0.3) is 0 Å². The van der Waals surface area contributed by atoms with Crippen LogP contribution in [0.25, 0.3) is 55.1 Å². The van der Waals surface area contributed by atoms with E-state index in [0.29, 0.717) is 28.0 Å². The molecule has 1 aromatic heterocycles. The number of rotatable bonds is 3. The molecule has 0 atom stereocenters. The van der Waals surface area contributed by atoms with Crippen molar-refractivity contribution in [1.29, 1.82) is 0 Å². The van der Waals surface area contributed by atoms with Crippen LogP contribution >= 0.6 is 0 Å². The van der Waals surface area contributed by atoms with Crippen molar-refractivity contribution >= 4 is 33.4 Å². The Bertz CT molecular complexity index is 2660. The predicted molar refractivity (Wildman–Crippen MR) is 198 cm³/mol. The maximum atomic E-state index is 12.1. The Hall–Kier alpha value is -6.52.